The summed E-state index contributed by atoms with van der Waals surface area (Å²) in [5, 5.41) is 0. The van der Waals surface area contributed by atoms with E-state index >= 15 is 0 Å². The van der Waals surface area contributed by atoms with Gasteiger partial charge in [0, 0.05) is 25.9 Å². The summed E-state index contributed by atoms with van der Waals surface area (Å²) >= 11 is 0. The molecule has 0 fully saturated rings. The molecular formula is C20H24N2O5. The van der Waals surface area contributed by atoms with Crippen LogP contribution in [0.3, 0.4) is 0 Å². The van der Waals surface area contributed by atoms with Crippen molar-refractivity contribution >= 4 is 17.7 Å². The molecule has 1 aromatic carbocycles. The zero-order valence-electron chi connectivity index (χ0n) is 15.6. The Morgan fingerprint density at radius 1 is 1.11 bits per heavy atom. The van der Waals surface area contributed by atoms with Crippen molar-refractivity contribution < 1.29 is 23.9 Å². The smallest absolute Gasteiger partial charge is 0.320 e. The first kappa shape index (κ1) is 20.4. The van der Waals surface area contributed by atoms with E-state index in [1.54, 1.807) is 30.9 Å². The number of carbonyl (C=O) groups excluding carboxylic acids is 3. The number of rotatable bonds is 10. The number of aryl methyl sites for hydroxylation is 1. The molecule has 144 valence electrons. The lowest BCUT2D eigenvalue weighted by atomic mass is 9.99. The maximum absolute atomic E-state index is 12.4. The van der Waals surface area contributed by atoms with Crippen LogP contribution in [0, 0.1) is 5.92 Å². The molecule has 0 radical (unpaired) electrons. The van der Waals surface area contributed by atoms with Crippen LogP contribution in [0.4, 0.5) is 0 Å². The molecule has 0 saturated carbocycles. The lowest BCUT2D eigenvalue weighted by Crippen LogP contribution is -2.30. The molecule has 27 heavy (non-hydrogen) atoms. The number of benzene rings is 1. The van der Waals surface area contributed by atoms with Crippen LogP contribution < -0.4 is 0 Å². The molecule has 0 saturated heterocycles. The molecule has 0 amide bonds. The van der Waals surface area contributed by atoms with Gasteiger partial charge >= 0.3 is 11.9 Å². The molecule has 7 nitrogen and oxygen atoms in total. The van der Waals surface area contributed by atoms with Crippen molar-refractivity contribution in [3.05, 3.63) is 54.1 Å². The third kappa shape index (κ3) is 6.06. The Hall–Kier alpha value is -2.96. The number of hydrogen-bond acceptors (Lipinski definition) is 6. The molecule has 1 heterocycles. The second-order valence-electron chi connectivity index (χ2n) is 6.05. The summed E-state index contributed by atoms with van der Waals surface area (Å²) in [6.45, 7) is 1.93. The van der Waals surface area contributed by atoms with Gasteiger partial charge in [-0.3, -0.25) is 14.4 Å². The highest BCUT2D eigenvalue weighted by molar-refractivity contribution is 5.95. The first-order chi connectivity index (χ1) is 13.0. The van der Waals surface area contributed by atoms with Crippen LogP contribution in [-0.4, -0.2) is 40.5 Å². The number of hydrogen-bond donors (Lipinski definition) is 0. The van der Waals surface area contributed by atoms with Crippen molar-refractivity contribution in [1.29, 1.82) is 0 Å². The van der Waals surface area contributed by atoms with Crippen LogP contribution in [0.15, 0.2) is 42.7 Å². The van der Waals surface area contributed by atoms with Crippen LogP contribution in [0.5, 0.6) is 0 Å². The zero-order valence-corrected chi connectivity index (χ0v) is 15.6. The fraction of sp³-hybridized carbons (Fsp3) is 0.400. The Balaban J connectivity index is 1.86. The van der Waals surface area contributed by atoms with Gasteiger partial charge in [0.15, 0.2) is 17.5 Å². The minimum Gasteiger partial charge on any atom is -0.465 e. The summed E-state index contributed by atoms with van der Waals surface area (Å²) in [4.78, 5) is 40.5. The monoisotopic (exact) mass is 372 g/mol. The topological polar surface area (TPSA) is 87.5 Å². The number of Topliss-reactive ketones (excluding diaryl/α,β-unsaturated/α-hetero) is 1. The van der Waals surface area contributed by atoms with Gasteiger partial charge in [0.1, 0.15) is 0 Å². The average molecular weight is 372 g/mol. The number of esters is 2. The van der Waals surface area contributed by atoms with Gasteiger partial charge in [0.05, 0.1) is 13.2 Å². The fourth-order valence-corrected chi connectivity index (χ4v) is 2.61. The summed E-state index contributed by atoms with van der Waals surface area (Å²) in [6, 6.07) is 9.22. The second kappa shape index (κ2) is 10.3. The third-order valence-corrected chi connectivity index (χ3v) is 4.00. The quantitative estimate of drug-likeness (QED) is 0.275. The molecule has 0 bridgehead atoms. The van der Waals surface area contributed by atoms with Gasteiger partial charge in [0.25, 0.3) is 0 Å². The second-order valence-corrected chi connectivity index (χ2v) is 6.05. The van der Waals surface area contributed by atoms with Crippen molar-refractivity contribution in [2.45, 2.75) is 26.2 Å². The lowest BCUT2D eigenvalue weighted by molar-refractivity contribution is -0.161. The summed E-state index contributed by atoms with van der Waals surface area (Å²) in [5.41, 5.74) is 0.845. The Kier molecular flexibility index (Phi) is 7.73. The minimum absolute atomic E-state index is 0.0552. The Morgan fingerprint density at radius 2 is 1.81 bits per heavy atom. The lowest BCUT2D eigenvalue weighted by Gasteiger charge is -2.15. The molecule has 0 aliphatic rings. The Morgan fingerprint density at radius 3 is 2.44 bits per heavy atom. The van der Waals surface area contributed by atoms with Crippen LogP contribution in [-0.2, 0) is 32.5 Å². The summed E-state index contributed by atoms with van der Waals surface area (Å²) < 4.78 is 11.9. The van der Waals surface area contributed by atoms with Gasteiger partial charge < -0.3 is 14.0 Å². The van der Waals surface area contributed by atoms with Crippen molar-refractivity contribution in [3.8, 4) is 0 Å². The zero-order chi connectivity index (χ0) is 19.6. The molecular weight excluding hydrogens is 348 g/mol. The fourth-order valence-electron chi connectivity index (χ4n) is 2.61. The highest BCUT2D eigenvalue weighted by Gasteiger charge is 2.29. The first-order valence-corrected chi connectivity index (χ1v) is 8.90. The minimum atomic E-state index is -1.02. The van der Waals surface area contributed by atoms with Gasteiger partial charge in [-0.05, 0) is 25.3 Å². The van der Waals surface area contributed by atoms with E-state index in [1.165, 1.54) is 0 Å². The molecule has 7 heteroatoms. The summed E-state index contributed by atoms with van der Waals surface area (Å²) in [7, 11) is 1.74. The van der Waals surface area contributed by atoms with Crippen molar-refractivity contribution in [3.63, 3.8) is 0 Å². The maximum atomic E-state index is 12.4. The molecule has 1 unspecified atom stereocenters. The number of carbonyl (C=O) groups is 3. The van der Waals surface area contributed by atoms with E-state index < -0.39 is 17.9 Å². The van der Waals surface area contributed by atoms with E-state index in [0.29, 0.717) is 12.2 Å². The largest absolute Gasteiger partial charge is 0.465 e. The predicted octanol–water partition coefficient (Wildman–Crippen LogP) is 2.35. The van der Waals surface area contributed by atoms with E-state index in [0.717, 1.165) is 5.56 Å². The number of ether oxygens (including phenoxy) is 2. The molecule has 1 aromatic heterocycles. The molecule has 0 N–H and O–H groups in total. The van der Waals surface area contributed by atoms with Crippen LogP contribution in [0.2, 0.25) is 0 Å². The van der Waals surface area contributed by atoms with Gasteiger partial charge in [-0.1, -0.05) is 30.3 Å². The first-order valence-electron chi connectivity index (χ1n) is 8.90. The van der Waals surface area contributed by atoms with Gasteiger partial charge in [0.2, 0.25) is 0 Å². The molecule has 0 spiro atoms. The third-order valence-electron chi connectivity index (χ3n) is 4.00. The Labute approximate surface area is 158 Å². The molecule has 0 aliphatic heterocycles. The molecule has 2 rings (SSSR count). The maximum Gasteiger partial charge on any atom is 0.320 e. The Bertz CT molecular complexity index is 770. The standard InChI is InChI=1S/C20H24N2O5/c1-3-26-19(24)16(14-15-8-5-4-6-9-15)20(25)27-13-7-10-17(23)18-21-11-12-22(18)2/h4-6,8-9,11-12,16H,3,7,10,13-14H2,1-2H3. The van der Waals surface area contributed by atoms with Crippen LogP contribution in [0.25, 0.3) is 0 Å². The van der Waals surface area contributed by atoms with Crippen molar-refractivity contribution in [2.75, 3.05) is 13.2 Å². The molecule has 0 aliphatic carbocycles. The predicted molar refractivity (Wildman–Crippen MR) is 98.0 cm³/mol. The normalized spacial score (nSPS) is 11.6. The average Bonchev–Trinajstić information content (AvgIpc) is 3.10. The van der Waals surface area contributed by atoms with Crippen LogP contribution >= 0.6 is 0 Å². The highest BCUT2D eigenvalue weighted by Crippen LogP contribution is 2.13. The van der Waals surface area contributed by atoms with Gasteiger partial charge in [-0.2, -0.15) is 0 Å². The van der Waals surface area contributed by atoms with E-state index in [-0.39, 0.29) is 31.8 Å². The molecule has 2 aromatic rings. The van der Waals surface area contributed by atoms with E-state index in [4.69, 9.17) is 9.47 Å². The van der Waals surface area contributed by atoms with Gasteiger partial charge in [-0.15, -0.1) is 0 Å². The van der Waals surface area contributed by atoms with E-state index in [1.807, 2.05) is 30.3 Å². The summed E-state index contributed by atoms with van der Waals surface area (Å²) in [6.07, 6.45) is 4.03. The van der Waals surface area contributed by atoms with E-state index in [2.05, 4.69) is 4.98 Å². The van der Waals surface area contributed by atoms with E-state index in [9.17, 15) is 14.4 Å². The van der Waals surface area contributed by atoms with Crippen molar-refractivity contribution in [2.24, 2.45) is 13.0 Å². The number of imidazole rings is 1. The number of ketones is 1. The van der Waals surface area contributed by atoms with Crippen LogP contribution in [0.1, 0.15) is 35.9 Å². The number of aromatic nitrogens is 2. The SMILES string of the molecule is CCOC(=O)C(Cc1ccccc1)C(=O)OCCCC(=O)c1nccn1C. The summed E-state index contributed by atoms with van der Waals surface area (Å²) in [5.74, 6) is -2.01. The van der Waals surface area contributed by atoms with Gasteiger partial charge in [-0.25, -0.2) is 4.98 Å². The molecule has 1 atom stereocenters. The highest BCUT2D eigenvalue weighted by atomic mass is 16.6. The van der Waals surface area contributed by atoms with Crippen molar-refractivity contribution in [1.82, 2.24) is 9.55 Å². The number of nitrogens with zero attached hydrogens (tertiary/aromatic N) is 2.